The highest BCUT2D eigenvalue weighted by Crippen LogP contribution is 2.25. The minimum Gasteiger partial charge on any atom is -0.395 e. The molecular weight excluding hydrogens is 214 g/mol. The Morgan fingerprint density at radius 2 is 2.00 bits per heavy atom. The van der Waals surface area contributed by atoms with Crippen LogP contribution in [0.2, 0.25) is 0 Å². The topological polar surface area (TPSA) is 49.5 Å². The fourth-order valence-corrected chi connectivity index (χ4v) is 1.58. The van der Waals surface area contributed by atoms with E-state index in [-0.39, 0.29) is 12.3 Å². The number of benzene rings is 1. The Hall–Kier alpha value is -1.20. The van der Waals surface area contributed by atoms with Crippen LogP contribution in [0, 0.1) is 11.6 Å². The van der Waals surface area contributed by atoms with Crippen molar-refractivity contribution in [3.63, 3.8) is 0 Å². The van der Waals surface area contributed by atoms with E-state index >= 15 is 0 Å². The lowest BCUT2D eigenvalue weighted by Gasteiger charge is -2.20. The number of anilines is 1. The number of hydrogen-bond acceptors (Lipinski definition) is 3. The molecule has 1 rings (SSSR count). The van der Waals surface area contributed by atoms with Gasteiger partial charge in [0.05, 0.1) is 12.3 Å². The molecule has 0 amide bonds. The lowest BCUT2D eigenvalue weighted by Crippen LogP contribution is -2.28. The maximum Gasteiger partial charge on any atom is 0.182 e. The quantitative estimate of drug-likeness (QED) is 0.807. The van der Waals surface area contributed by atoms with Crippen molar-refractivity contribution in [1.82, 2.24) is 0 Å². The molecule has 1 aromatic carbocycles. The van der Waals surface area contributed by atoms with Gasteiger partial charge in [-0.3, -0.25) is 0 Å². The van der Waals surface area contributed by atoms with Crippen LogP contribution >= 0.6 is 0 Å². The Bertz CT molecular complexity index is 369. The van der Waals surface area contributed by atoms with Crippen LogP contribution in [-0.4, -0.2) is 31.9 Å². The molecule has 3 nitrogen and oxygen atoms in total. The summed E-state index contributed by atoms with van der Waals surface area (Å²) >= 11 is 0. The summed E-state index contributed by atoms with van der Waals surface area (Å²) < 4.78 is 26.6. The molecule has 1 unspecified atom stereocenters. The van der Waals surface area contributed by atoms with Crippen molar-refractivity contribution in [1.29, 1.82) is 0 Å². The third-order valence-electron chi connectivity index (χ3n) is 2.32. The van der Waals surface area contributed by atoms with E-state index in [1.165, 1.54) is 11.0 Å². The molecule has 0 aliphatic carbocycles. The number of nitrogens with zero attached hydrogens (tertiary/aromatic N) is 1. The highest BCUT2D eigenvalue weighted by Gasteiger charge is 2.16. The molecule has 0 heterocycles. The smallest absolute Gasteiger partial charge is 0.182 e. The molecule has 0 aromatic heterocycles. The summed E-state index contributed by atoms with van der Waals surface area (Å²) in [6.45, 7) is -0.189. The van der Waals surface area contributed by atoms with Crippen LogP contribution < -0.4 is 10.6 Å². The Labute approximate surface area is 93.5 Å². The average molecular weight is 230 g/mol. The van der Waals surface area contributed by atoms with Gasteiger partial charge < -0.3 is 15.7 Å². The average Bonchev–Trinajstić information content (AvgIpc) is 2.23. The normalized spacial score (nSPS) is 12.6. The molecule has 5 heteroatoms. The maximum absolute atomic E-state index is 13.5. The van der Waals surface area contributed by atoms with Crippen molar-refractivity contribution in [2.45, 2.75) is 12.5 Å². The highest BCUT2D eigenvalue weighted by molar-refractivity contribution is 5.54. The molecule has 0 aliphatic rings. The Morgan fingerprint density at radius 1 is 1.38 bits per heavy atom. The standard InChI is InChI=1S/C11H16F2N2O/c1-15(2)11-7(5-8(14)6-16)3-4-9(12)10(11)13/h3-4,8,16H,5-6,14H2,1-2H3. The van der Waals surface area contributed by atoms with E-state index in [0.29, 0.717) is 12.0 Å². The molecule has 16 heavy (non-hydrogen) atoms. The van der Waals surface area contributed by atoms with Crippen molar-refractivity contribution in [2.24, 2.45) is 5.73 Å². The highest BCUT2D eigenvalue weighted by atomic mass is 19.2. The summed E-state index contributed by atoms with van der Waals surface area (Å²) in [6.07, 6.45) is 0.307. The fraction of sp³-hybridized carbons (Fsp3) is 0.455. The summed E-state index contributed by atoms with van der Waals surface area (Å²) in [6, 6.07) is 2.09. The van der Waals surface area contributed by atoms with Gasteiger partial charge in [0, 0.05) is 20.1 Å². The van der Waals surface area contributed by atoms with Gasteiger partial charge in [0.1, 0.15) is 0 Å². The Kier molecular flexibility index (Phi) is 4.20. The number of rotatable bonds is 4. The molecule has 0 saturated heterocycles. The third-order valence-corrected chi connectivity index (χ3v) is 2.32. The summed E-state index contributed by atoms with van der Waals surface area (Å²) in [5.74, 6) is -1.77. The van der Waals surface area contributed by atoms with Gasteiger partial charge in [0.2, 0.25) is 0 Å². The lowest BCUT2D eigenvalue weighted by molar-refractivity contribution is 0.265. The predicted octanol–water partition coefficient (Wildman–Crippen LogP) is 0.893. The number of aliphatic hydroxyl groups excluding tert-OH is 1. The monoisotopic (exact) mass is 230 g/mol. The second-order valence-electron chi connectivity index (χ2n) is 3.91. The molecule has 1 atom stereocenters. The van der Waals surface area contributed by atoms with Gasteiger partial charge in [0.15, 0.2) is 11.6 Å². The van der Waals surface area contributed by atoms with Crippen LogP contribution in [0.3, 0.4) is 0 Å². The van der Waals surface area contributed by atoms with Gasteiger partial charge in [-0.05, 0) is 18.1 Å². The van der Waals surface area contributed by atoms with Crippen molar-refractivity contribution in [3.05, 3.63) is 29.3 Å². The van der Waals surface area contributed by atoms with Crippen LogP contribution in [0.15, 0.2) is 12.1 Å². The molecule has 0 saturated carbocycles. The summed E-state index contributed by atoms with van der Waals surface area (Å²) in [5.41, 5.74) is 6.35. The molecule has 0 spiro atoms. The first-order valence-electron chi connectivity index (χ1n) is 4.98. The summed E-state index contributed by atoms with van der Waals surface area (Å²) in [4.78, 5) is 1.50. The molecule has 0 aliphatic heterocycles. The van der Waals surface area contributed by atoms with Gasteiger partial charge in [-0.25, -0.2) is 8.78 Å². The van der Waals surface area contributed by atoms with Gasteiger partial charge in [-0.1, -0.05) is 6.07 Å². The number of aliphatic hydroxyl groups is 1. The van der Waals surface area contributed by atoms with Crippen LogP contribution in [0.5, 0.6) is 0 Å². The lowest BCUT2D eigenvalue weighted by atomic mass is 10.0. The van der Waals surface area contributed by atoms with Crippen molar-refractivity contribution in [2.75, 3.05) is 25.6 Å². The predicted molar refractivity (Wildman–Crippen MR) is 59.5 cm³/mol. The number of nitrogens with two attached hydrogens (primary N) is 1. The van der Waals surface area contributed by atoms with E-state index < -0.39 is 17.7 Å². The van der Waals surface area contributed by atoms with Crippen molar-refractivity contribution < 1.29 is 13.9 Å². The number of halogens is 2. The van der Waals surface area contributed by atoms with Crippen molar-refractivity contribution in [3.8, 4) is 0 Å². The molecule has 0 fully saturated rings. The van der Waals surface area contributed by atoms with E-state index in [2.05, 4.69) is 0 Å². The fourth-order valence-electron chi connectivity index (χ4n) is 1.58. The first-order valence-corrected chi connectivity index (χ1v) is 4.98. The molecular formula is C11H16F2N2O. The van der Waals surface area contributed by atoms with Gasteiger partial charge in [0.25, 0.3) is 0 Å². The third kappa shape index (κ3) is 2.68. The van der Waals surface area contributed by atoms with Crippen LogP contribution in [0.25, 0.3) is 0 Å². The Morgan fingerprint density at radius 3 is 2.50 bits per heavy atom. The summed E-state index contributed by atoms with van der Waals surface area (Å²) in [7, 11) is 3.26. The second-order valence-corrected chi connectivity index (χ2v) is 3.91. The minimum absolute atomic E-state index is 0.184. The molecule has 0 radical (unpaired) electrons. The van der Waals surface area contributed by atoms with Crippen molar-refractivity contribution >= 4 is 5.69 Å². The zero-order valence-electron chi connectivity index (χ0n) is 9.37. The van der Waals surface area contributed by atoms with Crippen LogP contribution in [0.4, 0.5) is 14.5 Å². The second kappa shape index (κ2) is 5.23. The molecule has 90 valence electrons. The van der Waals surface area contributed by atoms with Crippen LogP contribution in [0.1, 0.15) is 5.56 Å². The maximum atomic E-state index is 13.5. The molecule has 0 bridgehead atoms. The van der Waals surface area contributed by atoms with Gasteiger partial charge >= 0.3 is 0 Å². The molecule has 3 N–H and O–H groups in total. The Balaban J connectivity index is 3.13. The SMILES string of the molecule is CN(C)c1c(CC(N)CO)ccc(F)c1F. The minimum atomic E-state index is -0.884. The number of hydrogen-bond donors (Lipinski definition) is 2. The zero-order valence-corrected chi connectivity index (χ0v) is 9.37. The largest absolute Gasteiger partial charge is 0.395 e. The van der Waals surface area contributed by atoms with E-state index in [9.17, 15) is 8.78 Å². The summed E-state index contributed by atoms with van der Waals surface area (Å²) in [5, 5.41) is 8.84. The van der Waals surface area contributed by atoms with Gasteiger partial charge in [-0.2, -0.15) is 0 Å². The van der Waals surface area contributed by atoms with E-state index in [1.54, 1.807) is 14.1 Å². The molecule has 1 aromatic rings. The first-order chi connectivity index (χ1) is 7.47. The van der Waals surface area contributed by atoms with E-state index in [4.69, 9.17) is 10.8 Å². The van der Waals surface area contributed by atoms with Crippen LogP contribution in [-0.2, 0) is 6.42 Å². The van der Waals surface area contributed by atoms with E-state index in [0.717, 1.165) is 6.07 Å². The zero-order chi connectivity index (χ0) is 12.3. The van der Waals surface area contributed by atoms with Gasteiger partial charge in [-0.15, -0.1) is 0 Å². The van der Waals surface area contributed by atoms with E-state index in [1.807, 2.05) is 0 Å². The first kappa shape index (κ1) is 12.9.